The van der Waals surface area contributed by atoms with Crippen LogP contribution in [0.3, 0.4) is 0 Å². The number of ether oxygens (including phenoxy) is 2. The van der Waals surface area contributed by atoms with E-state index in [0.717, 1.165) is 36.3 Å². The zero-order valence-electron chi connectivity index (χ0n) is 18.2. The van der Waals surface area contributed by atoms with Crippen LogP contribution in [-0.2, 0) is 4.74 Å². The van der Waals surface area contributed by atoms with Crippen LogP contribution >= 0.6 is 11.6 Å². The highest BCUT2D eigenvalue weighted by atomic mass is 35.5. The lowest BCUT2D eigenvalue weighted by Crippen LogP contribution is -2.63. The number of nitrogens with zero attached hydrogens (tertiary/aromatic N) is 4. The fraction of sp³-hybridized carbons (Fsp3) is 0.348. The molecule has 2 aromatic carbocycles. The third-order valence-corrected chi connectivity index (χ3v) is 6.60. The predicted molar refractivity (Wildman–Crippen MR) is 124 cm³/mol. The molecule has 0 atom stereocenters. The number of rotatable bonds is 5. The van der Waals surface area contributed by atoms with E-state index in [0.29, 0.717) is 34.3 Å². The highest BCUT2D eigenvalue weighted by Gasteiger charge is 2.53. The SMILES string of the molecule is CCN1CC2(C1)CN(c1cc3c(Nc4cccc(Cl)c4C)ncnc3cc1OC)C(=O)O2. The number of benzene rings is 2. The first-order valence-corrected chi connectivity index (χ1v) is 10.9. The molecule has 166 valence electrons. The summed E-state index contributed by atoms with van der Waals surface area (Å²) in [5.41, 5.74) is 2.65. The molecule has 1 aromatic heterocycles. The molecule has 3 heterocycles. The van der Waals surface area contributed by atoms with E-state index >= 15 is 0 Å². The number of halogens is 1. The minimum atomic E-state index is -0.459. The Balaban J connectivity index is 1.54. The molecule has 32 heavy (non-hydrogen) atoms. The number of methoxy groups -OCH3 is 1. The van der Waals surface area contributed by atoms with Gasteiger partial charge in [-0.05, 0) is 37.2 Å². The van der Waals surface area contributed by atoms with E-state index < -0.39 is 5.60 Å². The fourth-order valence-electron chi connectivity index (χ4n) is 4.38. The van der Waals surface area contributed by atoms with Gasteiger partial charge in [0.15, 0.2) is 5.60 Å². The van der Waals surface area contributed by atoms with Gasteiger partial charge in [-0.25, -0.2) is 14.8 Å². The molecule has 2 saturated heterocycles. The minimum absolute atomic E-state index is 0.365. The average molecular weight is 454 g/mol. The van der Waals surface area contributed by atoms with E-state index in [1.807, 2.05) is 37.3 Å². The normalized spacial score (nSPS) is 17.5. The first kappa shape index (κ1) is 20.8. The number of amides is 1. The molecule has 0 bridgehead atoms. The summed E-state index contributed by atoms with van der Waals surface area (Å²) in [6, 6.07) is 9.37. The van der Waals surface area contributed by atoms with Gasteiger partial charge < -0.3 is 14.8 Å². The summed E-state index contributed by atoms with van der Waals surface area (Å²) in [4.78, 5) is 25.5. The van der Waals surface area contributed by atoms with Gasteiger partial charge in [0.25, 0.3) is 0 Å². The smallest absolute Gasteiger partial charge is 0.415 e. The van der Waals surface area contributed by atoms with Gasteiger partial charge in [-0.1, -0.05) is 24.6 Å². The van der Waals surface area contributed by atoms with E-state index in [4.69, 9.17) is 21.1 Å². The van der Waals surface area contributed by atoms with Crippen LogP contribution < -0.4 is 15.0 Å². The molecule has 1 amide bonds. The maximum atomic E-state index is 12.8. The second-order valence-corrected chi connectivity index (χ2v) is 8.65. The van der Waals surface area contributed by atoms with E-state index in [9.17, 15) is 4.79 Å². The van der Waals surface area contributed by atoms with Gasteiger partial charge in [0.1, 0.15) is 17.9 Å². The van der Waals surface area contributed by atoms with Gasteiger partial charge in [0.05, 0.1) is 24.9 Å². The molecule has 8 nitrogen and oxygen atoms in total. The van der Waals surface area contributed by atoms with Gasteiger partial charge in [-0.3, -0.25) is 9.80 Å². The number of carbonyl (C=O) groups is 1. The molecule has 1 spiro atoms. The quantitative estimate of drug-likeness (QED) is 0.614. The Kier molecular flexibility index (Phi) is 5.06. The number of likely N-dealkylation sites (tertiary alicyclic amines) is 1. The van der Waals surface area contributed by atoms with E-state index in [1.165, 1.54) is 6.33 Å². The van der Waals surface area contributed by atoms with Crippen molar-refractivity contribution in [1.29, 1.82) is 0 Å². The Morgan fingerprint density at radius 1 is 1.25 bits per heavy atom. The van der Waals surface area contributed by atoms with Crippen molar-refractivity contribution in [3.8, 4) is 5.75 Å². The van der Waals surface area contributed by atoms with E-state index in [1.54, 1.807) is 12.0 Å². The van der Waals surface area contributed by atoms with Crippen molar-refractivity contribution < 1.29 is 14.3 Å². The Hall–Kier alpha value is -3.10. The van der Waals surface area contributed by atoms with Gasteiger partial charge >= 0.3 is 6.09 Å². The van der Waals surface area contributed by atoms with Crippen LogP contribution in [0.2, 0.25) is 5.02 Å². The number of likely N-dealkylation sites (N-methyl/N-ethyl adjacent to an activating group) is 1. The minimum Gasteiger partial charge on any atom is -0.494 e. The zero-order valence-corrected chi connectivity index (χ0v) is 18.9. The standard InChI is InChI=1S/C23H24ClN5O3/c1-4-28-10-23(11-28)12-29(22(30)32-23)19-8-15-18(9-20(19)31-3)25-13-26-21(15)27-17-7-5-6-16(24)14(17)2/h5-9,13H,4,10-12H2,1-3H3,(H,25,26,27). The van der Waals surface area contributed by atoms with Crippen molar-refractivity contribution in [2.24, 2.45) is 0 Å². The van der Waals surface area contributed by atoms with Crippen molar-refractivity contribution in [2.45, 2.75) is 19.4 Å². The Bertz CT molecular complexity index is 1210. The van der Waals surface area contributed by atoms with E-state index in [-0.39, 0.29) is 6.09 Å². The summed E-state index contributed by atoms with van der Waals surface area (Å²) in [5, 5.41) is 4.79. The fourth-order valence-corrected chi connectivity index (χ4v) is 4.56. The number of hydrogen-bond donors (Lipinski definition) is 1. The molecule has 0 radical (unpaired) electrons. The summed E-state index contributed by atoms with van der Waals surface area (Å²) in [6.07, 6.45) is 1.13. The van der Waals surface area contributed by atoms with Crippen molar-refractivity contribution in [1.82, 2.24) is 14.9 Å². The lowest BCUT2D eigenvalue weighted by atomic mass is 9.94. The number of anilines is 3. The van der Waals surface area contributed by atoms with Gasteiger partial charge in [0.2, 0.25) is 0 Å². The monoisotopic (exact) mass is 453 g/mol. The maximum Gasteiger partial charge on any atom is 0.415 e. The van der Waals surface area contributed by atoms with Gasteiger partial charge in [0, 0.05) is 35.3 Å². The number of carbonyl (C=O) groups excluding carboxylic acids is 1. The molecule has 2 fully saturated rings. The molecule has 0 unspecified atom stereocenters. The van der Waals surface area contributed by atoms with Gasteiger partial charge in [-0.15, -0.1) is 0 Å². The van der Waals surface area contributed by atoms with Crippen LogP contribution in [-0.4, -0.2) is 59.9 Å². The van der Waals surface area contributed by atoms with Crippen molar-refractivity contribution >= 4 is 45.8 Å². The Morgan fingerprint density at radius 2 is 2.06 bits per heavy atom. The topological polar surface area (TPSA) is 79.8 Å². The van der Waals surface area contributed by atoms with Crippen LogP contribution in [0.4, 0.5) is 22.0 Å². The highest BCUT2D eigenvalue weighted by Crippen LogP contribution is 2.41. The molecule has 9 heteroatoms. The second-order valence-electron chi connectivity index (χ2n) is 8.24. The maximum absolute atomic E-state index is 12.8. The molecule has 2 aliphatic heterocycles. The van der Waals surface area contributed by atoms with Crippen LogP contribution in [0.15, 0.2) is 36.7 Å². The van der Waals surface area contributed by atoms with Crippen molar-refractivity contribution in [3.05, 3.63) is 47.2 Å². The van der Waals surface area contributed by atoms with Crippen LogP contribution in [0.5, 0.6) is 5.75 Å². The molecule has 0 saturated carbocycles. The van der Waals surface area contributed by atoms with Crippen molar-refractivity contribution in [2.75, 3.05) is 43.5 Å². The van der Waals surface area contributed by atoms with Crippen LogP contribution in [0.1, 0.15) is 12.5 Å². The Morgan fingerprint density at radius 3 is 2.81 bits per heavy atom. The number of fused-ring (bicyclic) bond motifs is 1. The summed E-state index contributed by atoms with van der Waals surface area (Å²) >= 11 is 6.28. The average Bonchev–Trinajstić information content (AvgIpc) is 3.12. The zero-order chi connectivity index (χ0) is 22.5. The molecule has 5 rings (SSSR count). The summed E-state index contributed by atoms with van der Waals surface area (Å²) in [6.45, 7) is 6.95. The first-order valence-electron chi connectivity index (χ1n) is 10.5. The van der Waals surface area contributed by atoms with E-state index in [2.05, 4.69) is 27.1 Å². The molecule has 1 N–H and O–H groups in total. The number of nitrogens with one attached hydrogen (secondary N) is 1. The molecule has 0 aliphatic carbocycles. The molecular formula is C23H24ClN5O3. The predicted octanol–water partition coefficient (Wildman–Crippen LogP) is 4.37. The second kappa shape index (κ2) is 7.79. The third-order valence-electron chi connectivity index (χ3n) is 6.19. The number of aromatic nitrogens is 2. The molecular weight excluding hydrogens is 430 g/mol. The number of hydrogen-bond acceptors (Lipinski definition) is 7. The molecule has 2 aliphatic rings. The van der Waals surface area contributed by atoms with Gasteiger partial charge in [-0.2, -0.15) is 0 Å². The lowest BCUT2D eigenvalue weighted by molar-refractivity contribution is -0.0699. The van der Waals surface area contributed by atoms with Crippen LogP contribution in [0.25, 0.3) is 10.9 Å². The van der Waals surface area contributed by atoms with Crippen LogP contribution in [0, 0.1) is 6.92 Å². The first-order chi connectivity index (χ1) is 15.4. The Labute approximate surface area is 191 Å². The summed E-state index contributed by atoms with van der Waals surface area (Å²) in [5.74, 6) is 1.18. The summed E-state index contributed by atoms with van der Waals surface area (Å²) in [7, 11) is 1.58. The largest absolute Gasteiger partial charge is 0.494 e. The third kappa shape index (κ3) is 3.40. The van der Waals surface area contributed by atoms with Crippen molar-refractivity contribution in [3.63, 3.8) is 0 Å². The molecule has 3 aromatic rings. The highest BCUT2D eigenvalue weighted by molar-refractivity contribution is 6.31. The summed E-state index contributed by atoms with van der Waals surface area (Å²) < 4.78 is 11.4. The lowest BCUT2D eigenvalue weighted by Gasteiger charge is -2.45.